The SMILES string of the molecule is Cc1ccc(S(=O)(=O)NN(C)C(=O)NC(C)(C(F)(F)F)C(F)(F)F)cc1. The summed E-state index contributed by atoms with van der Waals surface area (Å²) in [5, 5.41) is 0.743. The molecule has 2 N–H and O–H groups in total. The first kappa shape index (κ1) is 22.0. The normalized spacial score (nSPS) is 13.4. The number of aryl methyl sites for hydroxylation is 1. The van der Waals surface area contributed by atoms with Crippen molar-refractivity contribution in [1.82, 2.24) is 15.2 Å². The van der Waals surface area contributed by atoms with E-state index in [0.29, 0.717) is 12.6 Å². The van der Waals surface area contributed by atoms with Gasteiger partial charge >= 0.3 is 18.4 Å². The molecular weight excluding hydrogens is 392 g/mol. The van der Waals surface area contributed by atoms with Crippen molar-refractivity contribution in [2.24, 2.45) is 0 Å². The number of amides is 2. The third-order valence-corrected chi connectivity index (χ3v) is 4.79. The molecule has 1 rings (SSSR count). The topological polar surface area (TPSA) is 78.5 Å². The van der Waals surface area contributed by atoms with Crippen molar-refractivity contribution in [3.05, 3.63) is 29.8 Å². The molecule has 0 aliphatic heterocycles. The first-order chi connectivity index (χ1) is 11.5. The maximum absolute atomic E-state index is 12.8. The number of urea groups is 1. The number of nitrogens with zero attached hydrogens (tertiary/aromatic N) is 1. The largest absolute Gasteiger partial charge is 0.420 e. The number of rotatable bonds is 4. The molecule has 0 aliphatic carbocycles. The fourth-order valence-corrected chi connectivity index (χ4v) is 2.64. The molecule has 2 amide bonds. The standard InChI is InChI=1S/C13H15F6N3O3S/c1-8-4-6-9(7-5-8)26(24,25)21-22(3)10(23)20-11(2,12(14,15)16)13(17,18)19/h4-7,21H,1-3H3,(H,20,23). The Morgan fingerprint density at radius 2 is 1.42 bits per heavy atom. The lowest BCUT2D eigenvalue weighted by Crippen LogP contribution is -2.68. The lowest BCUT2D eigenvalue weighted by molar-refractivity contribution is -0.298. The van der Waals surface area contributed by atoms with E-state index in [2.05, 4.69) is 0 Å². The second-order valence-electron chi connectivity index (χ2n) is 5.52. The maximum Gasteiger partial charge on any atom is 0.420 e. The molecule has 6 nitrogen and oxygen atoms in total. The summed E-state index contributed by atoms with van der Waals surface area (Å²) in [5.74, 6) is 0. The van der Waals surface area contributed by atoms with E-state index < -0.39 is 33.9 Å². The lowest BCUT2D eigenvalue weighted by Gasteiger charge is -2.35. The van der Waals surface area contributed by atoms with Crippen molar-refractivity contribution in [3.63, 3.8) is 0 Å². The molecule has 0 aliphatic rings. The number of nitrogens with one attached hydrogen (secondary N) is 2. The van der Waals surface area contributed by atoms with Gasteiger partial charge in [-0.05, 0) is 26.0 Å². The Hall–Kier alpha value is -2.02. The summed E-state index contributed by atoms with van der Waals surface area (Å²) in [5.41, 5.74) is -3.86. The summed E-state index contributed by atoms with van der Waals surface area (Å²) < 4.78 is 101. The minimum atomic E-state index is -5.86. The predicted octanol–water partition coefficient (Wildman–Crippen LogP) is 2.71. The van der Waals surface area contributed by atoms with E-state index in [1.54, 1.807) is 11.8 Å². The third kappa shape index (κ3) is 4.58. The smallest absolute Gasteiger partial charge is 0.315 e. The number of benzene rings is 1. The molecule has 1 aromatic carbocycles. The summed E-state index contributed by atoms with van der Waals surface area (Å²) >= 11 is 0. The van der Waals surface area contributed by atoms with Gasteiger partial charge in [0, 0.05) is 7.05 Å². The minimum absolute atomic E-state index is 0.0229. The molecular formula is C13H15F6N3O3S. The van der Waals surface area contributed by atoms with Gasteiger partial charge in [-0.15, -0.1) is 4.83 Å². The molecule has 0 bridgehead atoms. The van der Waals surface area contributed by atoms with E-state index in [0.717, 1.165) is 17.4 Å². The van der Waals surface area contributed by atoms with E-state index in [4.69, 9.17) is 0 Å². The Morgan fingerprint density at radius 3 is 1.81 bits per heavy atom. The highest BCUT2D eigenvalue weighted by Crippen LogP contribution is 2.42. The van der Waals surface area contributed by atoms with E-state index in [1.807, 2.05) is 0 Å². The highest BCUT2D eigenvalue weighted by atomic mass is 32.2. The molecule has 0 unspecified atom stereocenters. The molecule has 26 heavy (non-hydrogen) atoms. The van der Waals surface area contributed by atoms with Gasteiger partial charge in [0.05, 0.1) is 4.90 Å². The number of hydrogen-bond acceptors (Lipinski definition) is 3. The Bertz CT molecular complexity index is 745. The van der Waals surface area contributed by atoms with Crippen LogP contribution in [0.4, 0.5) is 31.1 Å². The number of halogens is 6. The maximum atomic E-state index is 12.8. The first-order valence-corrected chi connectivity index (χ1v) is 8.28. The molecule has 0 radical (unpaired) electrons. The molecule has 1 aromatic rings. The van der Waals surface area contributed by atoms with Crippen molar-refractivity contribution < 1.29 is 39.6 Å². The Balaban J connectivity index is 3.01. The molecule has 148 valence electrons. The van der Waals surface area contributed by atoms with Crippen LogP contribution in [0, 0.1) is 6.92 Å². The van der Waals surface area contributed by atoms with Crippen molar-refractivity contribution in [2.45, 2.75) is 36.6 Å². The van der Waals surface area contributed by atoms with Crippen LogP contribution in [0.2, 0.25) is 0 Å². The van der Waals surface area contributed by atoms with E-state index in [-0.39, 0.29) is 16.8 Å². The molecule has 0 saturated heterocycles. The monoisotopic (exact) mass is 407 g/mol. The van der Waals surface area contributed by atoms with E-state index in [1.165, 1.54) is 12.1 Å². The summed E-state index contributed by atoms with van der Waals surface area (Å²) in [7, 11) is -3.73. The van der Waals surface area contributed by atoms with E-state index in [9.17, 15) is 39.6 Å². The van der Waals surface area contributed by atoms with Gasteiger partial charge in [0.15, 0.2) is 0 Å². The zero-order chi connectivity index (χ0) is 20.6. The van der Waals surface area contributed by atoms with Gasteiger partial charge in [-0.1, -0.05) is 17.7 Å². The highest BCUT2D eigenvalue weighted by molar-refractivity contribution is 7.89. The van der Waals surface area contributed by atoms with E-state index >= 15 is 0 Å². The quantitative estimate of drug-likeness (QED) is 0.595. The van der Waals surface area contributed by atoms with Gasteiger partial charge in [0.2, 0.25) is 5.54 Å². The van der Waals surface area contributed by atoms with Crippen LogP contribution in [0.1, 0.15) is 12.5 Å². The van der Waals surface area contributed by atoms with Crippen molar-refractivity contribution in [2.75, 3.05) is 7.05 Å². The second kappa shape index (κ2) is 6.95. The molecule has 0 atom stereocenters. The summed E-state index contributed by atoms with van der Waals surface area (Å²) in [6.07, 6.45) is -11.7. The van der Waals surface area contributed by atoms with Crippen LogP contribution in [-0.4, -0.2) is 44.4 Å². The zero-order valence-electron chi connectivity index (χ0n) is 13.7. The average Bonchev–Trinajstić information content (AvgIpc) is 2.44. The molecule has 0 heterocycles. The Kier molecular flexibility index (Phi) is 5.88. The average molecular weight is 407 g/mol. The summed E-state index contributed by atoms with van der Waals surface area (Å²) in [6.45, 7) is 1.39. The van der Waals surface area contributed by atoms with Crippen LogP contribution in [0.15, 0.2) is 29.2 Å². The van der Waals surface area contributed by atoms with Crippen molar-refractivity contribution in [1.29, 1.82) is 0 Å². The minimum Gasteiger partial charge on any atom is -0.315 e. The van der Waals surface area contributed by atoms with Crippen molar-refractivity contribution >= 4 is 16.1 Å². The Morgan fingerprint density at radius 1 is 1.00 bits per heavy atom. The number of alkyl halides is 6. The van der Waals surface area contributed by atoms with Gasteiger partial charge in [0.1, 0.15) is 0 Å². The lowest BCUT2D eigenvalue weighted by atomic mass is 10.0. The fourth-order valence-electron chi connectivity index (χ4n) is 1.59. The van der Waals surface area contributed by atoms with Gasteiger partial charge in [-0.3, -0.25) is 0 Å². The number of carbonyl (C=O) groups excluding carboxylic acids is 1. The number of sulfonamides is 1. The van der Waals surface area contributed by atoms with Crippen LogP contribution in [0.5, 0.6) is 0 Å². The number of carbonyl (C=O) groups is 1. The Labute approximate surface area is 145 Å². The van der Waals surface area contributed by atoms with Crippen LogP contribution >= 0.6 is 0 Å². The highest BCUT2D eigenvalue weighted by Gasteiger charge is 2.68. The number of hydrogen-bond donors (Lipinski definition) is 2. The molecule has 0 saturated carbocycles. The molecule has 0 aromatic heterocycles. The van der Waals surface area contributed by atoms with Gasteiger partial charge in [0.25, 0.3) is 10.0 Å². The number of hydrazine groups is 1. The fraction of sp³-hybridized carbons (Fsp3) is 0.462. The second-order valence-corrected chi connectivity index (χ2v) is 7.18. The van der Waals surface area contributed by atoms with Gasteiger partial charge in [-0.2, -0.15) is 26.3 Å². The predicted molar refractivity (Wildman–Crippen MR) is 78.3 cm³/mol. The summed E-state index contributed by atoms with van der Waals surface area (Å²) in [4.78, 5) is 12.9. The molecule has 0 fully saturated rings. The van der Waals surface area contributed by atoms with Crippen LogP contribution in [-0.2, 0) is 10.0 Å². The van der Waals surface area contributed by atoms with Crippen molar-refractivity contribution in [3.8, 4) is 0 Å². The third-order valence-electron chi connectivity index (χ3n) is 3.38. The van der Waals surface area contributed by atoms with Crippen LogP contribution in [0.3, 0.4) is 0 Å². The first-order valence-electron chi connectivity index (χ1n) is 6.80. The van der Waals surface area contributed by atoms with Gasteiger partial charge < -0.3 is 5.32 Å². The van der Waals surface area contributed by atoms with Crippen LogP contribution in [0.25, 0.3) is 0 Å². The molecule has 13 heteroatoms. The zero-order valence-corrected chi connectivity index (χ0v) is 14.5. The van der Waals surface area contributed by atoms with Crippen LogP contribution < -0.4 is 10.1 Å². The summed E-state index contributed by atoms with van der Waals surface area (Å²) in [6, 6.07) is 3.19. The van der Waals surface area contributed by atoms with Gasteiger partial charge in [-0.25, -0.2) is 18.2 Å². The molecule has 0 spiro atoms.